The molecular formula is C26H30N2O5S. The number of benzene rings is 2. The Bertz CT molecular complexity index is 1100. The fourth-order valence-electron chi connectivity index (χ4n) is 3.38. The van der Waals surface area contributed by atoms with Crippen LogP contribution in [0.2, 0.25) is 0 Å². The smallest absolute Gasteiger partial charge is 0.344 e. The van der Waals surface area contributed by atoms with Crippen LogP contribution in [0.1, 0.15) is 38.8 Å². The number of carbonyl (C=O) groups is 2. The molecule has 1 fully saturated rings. The standard InChI is InChI=1S/C26H30N2O5S/c1-5-19-11-9-10-12-20(19)27-26-28(6-2)25(30)23(34-26)16-18-13-14-21(22(15-18)31-7-3)33-17-24(29)32-8-4/h9-16H,5-8,17H2,1-4H3/b23-16+,27-26?. The van der Waals surface area contributed by atoms with Crippen molar-refractivity contribution < 1.29 is 23.8 Å². The van der Waals surface area contributed by atoms with Gasteiger partial charge >= 0.3 is 5.97 Å². The van der Waals surface area contributed by atoms with Crippen molar-refractivity contribution in [2.75, 3.05) is 26.4 Å². The first-order valence-electron chi connectivity index (χ1n) is 11.4. The first-order valence-corrected chi connectivity index (χ1v) is 12.3. The first kappa shape index (κ1) is 25.4. The van der Waals surface area contributed by atoms with Crippen LogP contribution in [0.3, 0.4) is 0 Å². The van der Waals surface area contributed by atoms with Crippen LogP contribution in [0, 0.1) is 0 Å². The Morgan fingerprint density at radius 1 is 1.03 bits per heavy atom. The second-order valence-corrected chi connectivity index (χ2v) is 8.28. The van der Waals surface area contributed by atoms with E-state index in [0.29, 0.717) is 41.3 Å². The van der Waals surface area contributed by atoms with Gasteiger partial charge in [-0.15, -0.1) is 0 Å². The van der Waals surface area contributed by atoms with Gasteiger partial charge in [-0.2, -0.15) is 0 Å². The van der Waals surface area contributed by atoms with Gasteiger partial charge in [0, 0.05) is 6.54 Å². The van der Waals surface area contributed by atoms with E-state index in [1.807, 2.05) is 44.2 Å². The third-order valence-corrected chi connectivity index (χ3v) is 6.02. The molecule has 0 radical (unpaired) electrons. The van der Waals surface area contributed by atoms with E-state index in [2.05, 4.69) is 13.0 Å². The van der Waals surface area contributed by atoms with Crippen molar-refractivity contribution in [3.63, 3.8) is 0 Å². The molecule has 1 aliphatic heterocycles. The van der Waals surface area contributed by atoms with Crippen LogP contribution in [0.4, 0.5) is 5.69 Å². The summed E-state index contributed by atoms with van der Waals surface area (Å²) in [5.41, 5.74) is 2.80. The second kappa shape index (κ2) is 12.3. The van der Waals surface area contributed by atoms with Gasteiger partial charge in [0.15, 0.2) is 23.3 Å². The molecule has 0 unspecified atom stereocenters. The average molecular weight is 483 g/mol. The predicted molar refractivity (Wildman–Crippen MR) is 136 cm³/mol. The molecule has 2 aromatic carbocycles. The maximum absolute atomic E-state index is 13.1. The van der Waals surface area contributed by atoms with E-state index < -0.39 is 5.97 Å². The molecule has 2 aromatic rings. The third-order valence-electron chi connectivity index (χ3n) is 5.01. The fraction of sp³-hybridized carbons (Fsp3) is 0.346. The van der Waals surface area contributed by atoms with Crippen molar-refractivity contribution in [3.05, 3.63) is 58.5 Å². The summed E-state index contributed by atoms with van der Waals surface area (Å²) in [7, 11) is 0. The predicted octanol–water partition coefficient (Wildman–Crippen LogP) is 5.21. The number of amides is 1. The fourth-order valence-corrected chi connectivity index (χ4v) is 4.44. The summed E-state index contributed by atoms with van der Waals surface area (Å²) in [6, 6.07) is 13.3. The summed E-state index contributed by atoms with van der Waals surface area (Å²) in [4.78, 5) is 31.7. The van der Waals surface area contributed by atoms with Crippen molar-refractivity contribution in [1.29, 1.82) is 0 Å². The van der Waals surface area contributed by atoms with Gasteiger partial charge in [0.05, 0.1) is 23.8 Å². The Labute approximate surface area is 204 Å². The summed E-state index contributed by atoms with van der Waals surface area (Å²) < 4.78 is 16.2. The highest BCUT2D eigenvalue weighted by Gasteiger charge is 2.32. The van der Waals surface area contributed by atoms with Crippen LogP contribution in [-0.2, 0) is 20.7 Å². The highest BCUT2D eigenvalue weighted by Crippen LogP contribution is 2.36. The minimum atomic E-state index is -0.444. The molecule has 1 heterocycles. The number of rotatable bonds is 10. The average Bonchev–Trinajstić information content (AvgIpc) is 3.12. The van der Waals surface area contributed by atoms with Crippen LogP contribution in [0.25, 0.3) is 6.08 Å². The largest absolute Gasteiger partial charge is 0.490 e. The van der Waals surface area contributed by atoms with Crippen LogP contribution in [0.5, 0.6) is 11.5 Å². The van der Waals surface area contributed by atoms with Crippen molar-refractivity contribution >= 4 is 40.6 Å². The van der Waals surface area contributed by atoms with Gasteiger partial charge in [0.2, 0.25) is 0 Å². The number of para-hydroxylation sites is 1. The number of hydrogen-bond donors (Lipinski definition) is 0. The Balaban J connectivity index is 1.86. The number of amidine groups is 1. The van der Waals surface area contributed by atoms with Crippen LogP contribution >= 0.6 is 11.8 Å². The molecule has 0 aromatic heterocycles. The molecule has 7 nitrogen and oxygen atoms in total. The minimum Gasteiger partial charge on any atom is -0.490 e. The number of nitrogens with zero attached hydrogens (tertiary/aromatic N) is 2. The van der Waals surface area contributed by atoms with Gasteiger partial charge in [0.25, 0.3) is 5.91 Å². The number of esters is 1. The van der Waals surface area contributed by atoms with Gasteiger partial charge < -0.3 is 14.2 Å². The highest BCUT2D eigenvalue weighted by atomic mass is 32.2. The van der Waals surface area contributed by atoms with Crippen molar-refractivity contribution in [2.45, 2.75) is 34.1 Å². The van der Waals surface area contributed by atoms with E-state index in [9.17, 15) is 9.59 Å². The van der Waals surface area contributed by atoms with Crippen molar-refractivity contribution in [2.24, 2.45) is 4.99 Å². The zero-order valence-electron chi connectivity index (χ0n) is 20.0. The number of aliphatic imine (C=N–C) groups is 1. The molecule has 0 N–H and O–H groups in total. The molecule has 8 heteroatoms. The molecule has 0 saturated carbocycles. The summed E-state index contributed by atoms with van der Waals surface area (Å²) in [6.45, 7) is 8.69. The van der Waals surface area contributed by atoms with Crippen LogP contribution in [-0.4, -0.2) is 48.3 Å². The van der Waals surface area contributed by atoms with Crippen molar-refractivity contribution in [1.82, 2.24) is 4.90 Å². The SMILES string of the molecule is CCOC(=O)COc1ccc(/C=C2/SC(=Nc3ccccc3CC)N(CC)C2=O)cc1OCC. The normalized spacial score (nSPS) is 15.8. The minimum absolute atomic E-state index is 0.0826. The first-order chi connectivity index (χ1) is 16.5. The Kier molecular flexibility index (Phi) is 9.16. The molecule has 180 valence electrons. The summed E-state index contributed by atoms with van der Waals surface area (Å²) in [6.07, 6.45) is 2.69. The Morgan fingerprint density at radius 2 is 1.82 bits per heavy atom. The number of likely N-dealkylation sites (N-methyl/N-ethyl adjacent to an activating group) is 1. The topological polar surface area (TPSA) is 77.4 Å². The van der Waals surface area contributed by atoms with Gasteiger partial charge in [0.1, 0.15) is 0 Å². The number of hydrogen-bond acceptors (Lipinski definition) is 7. The van der Waals surface area contributed by atoms with E-state index in [4.69, 9.17) is 19.2 Å². The molecule has 3 rings (SSSR count). The van der Waals surface area contributed by atoms with E-state index in [1.165, 1.54) is 11.8 Å². The highest BCUT2D eigenvalue weighted by molar-refractivity contribution is 8.18. The van der Waals surface area contributed by atoms with E-state index in [0.717, 1.165) is 23.2 Å². The lowest BCUT2D eigenvalue weighted by Crippen LogP contribution is -2.28. The maximum Gasteiger partial charge on any atom is 0.344 e. The van der Waals surface area contributed by atoms with Crippen molar-refractivity contribution in [3.8, 4) is 11.5 Å². The lowest BCUT2D eigenvalue weighted by molar-refractivity contribution is -0.145. The van der Waals surface area contributed by atoms with Gasteiger partial charge in [-0.05, 0) is 74.4 Å². The second-order valence-electron chi connectivity index (χ2n) is 7.27. The van der Waals surface area contributed by atoms with E-state index >= 15 is 0 Å². The number of aryl methyl sites for hydroxylation is 1. The molecule has 0 spiro atoms. The molecular weight excluding hydrogens is 452 g/mol. The third kappa shape index (κ3) is 6.20. The molecule has 0 atom stereocenters. The molecule has 1 saturated heterocycles. The zero-order valence-corrected chi connectivity index (χ0v) is 20.8. The van der Waals surface area contributed by atoms with E-state index in [1.54, 1.807) is 24.0 Å². The molecule has 0 bridgehead atoms. The van der Waals surface area contributed by atoms with Crippen LogP contribution in [0.15, 0.2) is 52.4 Å². The summed E-state index contributed by atoms with van der Waals surface area (Å²) in [5, 5.41) is 0.666. The lowest BCUT2D eigenvalue weighted by atomic mass is 10.1. The molecule has 1 aliphatic rings. The van der Waals surface area contributed by atoms with Gasteiger partial charge in [-0.3, -0.25) is 9.69 Å². The Morgan fingerprint density at radius 3 is 2.53 bits per heavy atom. The molecule has 0 aliphatic carbocycles. The Hall–Kier alpha value is -3.26. The molecule has 1 amide bonds. The maximum atomic E-state index is 13.1. The zero-order chi connectivity index (χ0) is 24.5. The number of thioether (sulfide) groups is 1. The van der Waals surface area contributed by atoms with Gasteiger partial charge in [-0.1, -0.05) is 31.2 Å². The summed E-state index contributed by atoms with van der Waals surface area (Å²) in [5.74, 6) is 0.409. The quantitative estimate of drug-likeness (QED) is 0.342. The van der Waals surface area contributed by atoms with Gasteiger partial charge in [-0.25, -0.2) is 9.79 Å². The number of ether oxygens (including phenoxy) is 3. The van der Waals surface area contributed by atoms with E-state index in [-0.39, 0.29) is 12.5 Å². The summed E-state index contributed by atoms with van der Waals surface area (Å²) >= 11 is 1.36. The number of carbonyl (C=O) groups excluding carboxylic acids is 2. The monoisotopic (exact) mass is 482 g/mol. The molecule has 34 heavy (non-hydrogen) atoms. The lowest BCUT2D eigenvalue weighted by Gasteiger charge is -2.13. The van der Waals surface area contributed by atoms with Crippen LogP contribution < -0.4 is 9.47 Å².